The van der Waals surface area contributed by atoms with E-state index in [1.54, 1.807) is 0 Å². The summed E-state index contributed by atoms with van der Waals surface area (Å²) in [6.07, 6.45) is 0.774. The first-order valence-corrected chi connectivity index (χ1v) is 7.76. The highest BCUT2D eigenvalue weighted by Gasteiger charge is 2.21. The van der Waals surface area contributed by atoms with Crippen LogP contribution in [0.4, 0.5) is 0 Å². The van der Waals surface area contributed by atoms with E-state index in [4.69, 9.17) is 4.98 Å². The third-order valence-corrected chi connectivity index (χ3v) is 4.13. The molecule has 0 saturated heterocycles. The molecule has 1 aliphatic heterocycles. The zero-order valence-corrected chi connectivity index (χ0v) is 12.6. The Morgan fingerprint density at radius 1 is 0.826 bits per heavy atom. The molecule has 3 heteroatoms. The maximum Gasteiger partial charge on any atom is 0.253 e. The van der Waals surface area contributed by atoms with Gasteiger partial charge in [-0.25, -0.2) is 0 Å². The van der Waals surface area contributed by atoms with Crippen molar-refractivity contribution in [2.24, 2.45) is 0 Å². The lowest BCUT2D eigenvalue weighted by atomic mass is 9.94. The van der Waals surface area contributed by atoms with Crippen molar-refractivity contribution in [3.05, 3.63) is 78.0 Å². The van der Waals surface area contributed by atoms with E-state index in [2.05, 4.69) is 29.6 Å². The third kappa shape index (κ3) is 2.50. The average Bonchev–Trinajstić information content (AvgIpc) is 2.63. The number of benzene rings is 2. The molecule has 3 nitrogen and oxygen atoms in total. The predicted molar refractivity (Wildman–Crippen MR) is 91.1 cm³/mol. The van der Waals surface area contributed by atoms with Crippen LogP contribution in [0.3, 0.4) is 0 Å². The molecule has 0 aliphatic carbocycles. The van der Waals surface area contributed by atoms with Crippen LogP contribution < -0.4 is 5.32 Å². The molecule has 4 rings (SSSR count). The van der Waals surface area contributed by atoms with Crippen LogP contribution in [0.1, 0.15) is 16.1 Å². The van der Waals surface area contributed by atoms with Crippen LogP contribution >= 0.6 is 0 Å². The van der Waals surface area contributed by atoms with Crippen LogP contribution in [0.2, 0.25) is 0 Å². The Bertz CT molecular complexity index is 858. The topological polar surface area (TPSA) is 42.0 Å². The molecule has 1 N–H and O–H groups in total. The van der Waals surface area contributed by atoms with Gasteiger partial charge in [0.05, 0.1) is 17.0 Å². The number of nitrogens with zero attached hydrogens (tertiary/aromatic N) is 1. The number of fused-ring (bicyclic) bond motifs is 1. The number of carbonyl (C=O) groups is 1. The number of amides is 1. The van der Waals surface area contributed by atoms with Gasteiger partial charge in [0.25, 0.3) is 5.91 Å². The Labute approximate surface area is 135 Å². The van der Waals surface area contributed by atoms with E-state index in [1.807, 2.05) is 42.5 Å². The van der Waals surface area contributed by atoms with Crippen molar-refractivity contribution < 1.29 is 4.79 Å². The number of nitrogens with one attached hydrogen (secondary N) is 1. The molecule has 0 bridgehead atoms. The number of rotatable bonds is 2. The zero-order chi connectivity index (χ0) is 15.6. The molecule has 1 amide bonds. The van der Waals surface area contributed by atoms with Crippen LogP contribution in [-0.4, -0.2) is 17.4 Å². The highest BCUT2D eigenvalue weighted by Crippen LogP contribution is 2.33. The van der Waals surface area contributed by atoms with E-state index >= 15 is 0 Å². The summed E-state index contributed by atoms with van der Waals surface area (Å²) < 4.78 is 0. The standard InChI is InChI=1S/C20H16N2O/c23-20-17-13-16(14-7-3-1-4-8-14)19(15-9-5-2-6-10-15)22-18(17)11-12-21-20/h1-10,13H,11-12H2,(H,21,23). The van der Waals surface area contributed by atoms with Gasteiger partial charge in [0, 0.05) is 24.1 Å². The second kappa shape index (κ2) is 5.69. The normalized spacial score (nSPS) is 13.3. The zero-order valence-electron chi connectivity index (χ0n) is 12.6. The van der Waals surface area contributed by atoms with Gasteiger partial charge in [-0.15, -0.1) is 0 Å². The van der Waals surface area contributed by atoms with Gasteiger partial charge in [0.2, 0.25) is 0 Å². The fourth-order valence-corrected chi connectivity index (χ4v) is 2.98. The Kier molecular flexibility index (Phi) is 3.39. The Balaban J connectivity index is 1.98. The molecule has 3 aromatic rings. The van der Waals surface area contributed by atoms with E-state index in [0.717, 1.165) is 34.5 Å². The lowest BCUT2D eigenvalue weighted by Crippen LogP contribution is -2.32. The number of carbonyl (C=O) groups excluding carboxylic acids is 1. The van der Waals surface area contributed by atoms with Gasteiger partial charge in [-0.05, 0) is 11.6 Å². The Hall–Kier alpha value is -2.94. The van der Waals surface area contributed by atoms with Gasteiger partial charge >= 0.3 is 0 Å². The summed E-state index contributed by atoms with van der Waals surface area (Å²) in [4.78, 5) is 17.0. The van der Waals surface area contributed by atoms with Crippen LogP contribution in [0.25, 0.3) is 22.4 Å². The lowest BCUT2D eigenvalue weighted by Gasteiger charge is -2.19. The summed E-state index contributed by atoms with van der Waals surface area (Å²) in [5.41, 5.74) is 5.64. The fraction of sp³-hybridized carbons (Fsp3) is 0.100. The smallest absolute Gasteiger partial charge is 0.253 e. The van der Waals surface area contributed by atoms with Crippen molar-refractivity contribution in [2.75, 3.05) is 6.54 Å². The maximum absolute atomic E-state index is 12.2. The van der Waals surface area contributed by atoms with Crippen molar-refractivity contribution in [3.63, 3.8) is 0 Å². The fourth-order valence-electron chi connectivity index (χ4n) is 2.98. The molecular weight excluding hydrogens is 284 g/mol. The average molecular weight is 300 g/mol. The number of hydrogen-bond acceptors (Lipinski definition) is 2. The van der Waals surface area contributed by atoms with Gasteiger partial charge in [0.1, 0.15) is 0 Å². The molecule has 0 fully saturated rings. The van der Waals surface area contributed by atoms with Crippen LogP contribution in [0.15, 0.2) is 66.7 Å². The molecule has 1 aliphatic rings. The first-order valence-electron chi connectivity index (χ1n) is 7.76. The van der Waals surface area contributed by atoms with Crippen LogP contribution in [0, 0.1) is 0 Å². The molecular formula is C20H16N2O. The Morgan fingerprint density at radius 3 is 2.17 bits per heavy atom. The lowest BCUT2D eigenvalue weighted by molar-refractivity contribution is 0.0945. The summed E-state index contributed by atoms with van der Waals surface area (Å²) in [6, 6.07) is 22.2. The Morgan fingerprint density at radius 2 is 1.48 bits per heavy atom. The minimum atomic E-state index is -0.0319. The van der Waals surface area contributed by atoms with Crippen molar-refractivity contribution in [1.82, 2.24) is 10.3 Å². The van der Waals surface area contributed by atoms with Crippen molar-refractivity contribution in [1.29, 1.82) is 0 Å². The number of aromatic nitrogens is 1. The molecule has 23 heavy (non-hydrogen) atoms. The van der Waals surface area contributed by atoms with E-state index in [-0.39, 0.29) is 5.91 Å². The molecule has 112 valence electrons. The molecule has 1 aromatic heterocycles. The quantitative estimate of drug-likeness (QED) is 0.784. The van der Waals surface area contributed by atoms with Gasteiger partial charge in [0.15, 0.2) is 0 Å². The van der Waals surface area contributed by atoms with E-state index in [9.17, 15) is 4.79 Å². The van der Waals surface area contributed by atoms with E-state index in [1.165, 1.54) is 0 Å². The van der Waals surface area contributed by atoms with Crippen LogP contribution in [0.5, 0.6) is 0 Å². The number of hydrogen-bond donors (Lipinski definition) is 1. The molecule has 0 atom stereocenters. The van der Waals surface area contributed by atoms with Gasteiger partial charge in [-0.3, -0.25) is 9.78 Å². The monoisotopic (exact) mass is 300 g/mol. The largest absolute Gasteiger partial charge is 0.352 e. The molecule has 0 unspecified atom stereocenters. The summed E-state index contributed by atoms with van der Waals surface area (Å²) in [5, 5.41) is 2.90. The highest BCUT2D eigenvalue weighted by molar-refractivity contribution is 5.98. The third-order valence-electron chi connectivity index (χ3n) is 4.13. The molecule has 0 spiro atoms. The van der Waals surface area contributed by atoms with Gasteiger partial charge in [-0.2, -0.15) is 0 Å². The van der Waals surface area contributed by atoms with E-state index < -0.39 is 0 Å². The first kappa shape index (κ1) is 13.7. The SMILES string of the molecule is O=C1NCCc2nc(-c3ccccc3)c(-c3ccccc3)cc21. The summed E-state index contributed by atoms with van der Waals surface area (Å²) >= 11 is 0. The molecule has 2 aromatic carbocycles. The van der Waals surface area contributed by atoms with Crippen molar-refractivity contribution in [2.45, 2.75) is 6.42 Å². The molecule has 2 heterocycles. The van der Waals surface area contributed by atoms with E-state index in [0.29, 0.717) is 12.1 Å². The van der Waals surface area contributed by atoms with Crippen molar-refractivity contribution >= 4 is 5.91 Å². The highest BCUT2D eigenvalue weighted by atomic mass is 16.1. The van der Waals surface area contributed by atoms with Gasteiger partial charge < -0.3 is 5.32 Å². The molecule has 0 radical (unpaired) electrons. The maximum atomic E-state index is 12.2. The number of pyridine rings is 1. The summed E-state index contributed by atoms with van der Waals surface area (Å²) in [6.45, 7) is 0.651. The molecule has 0 saturated carbocycles. The minimum absolute atomic E-state index is 0.0319. The first-order chi connectivity index (χ1) is 11.3. The summed E-state index contributed by atoms with van der Waals surface area (Å²) in [5.74, 6) is -0.0319. The second-order valence-electron chi connectivity index (χ2n) is 5.62. The van der Waals surface area contributed by atoms with Crippen molar-refractivity contribution in [3.8, 4) is 22.4 Å². The minimum Gasteiger partial charge on any atom is -0.352 e. The predicted octanol–water partition coefficient (Wildman–Crippen LogP) is 3.70. The van der Waals surface area contributed by atoms with Crippen LogP contribution in [-0.2, 0) is 6.42 Å². The van der Waals surface area contributed by atoms with Gasteiger partial charge in [-0.1, -0.05) is 60.7 Å². The second-order valence-corrected chi connectivity index (χ2v) is 5.62. The summed E-state index contributed by atoms with van der Waals surface area (Å²) in [7, 11) is 0.